The molecule has 6 rings (SSSR count). The fourth-order valence-electron chi connectivity index (χ4n) is 4.93. The number of carbonyl (C=O) groups excluding carboxylic acids is 2. The van der Waals surface area contributed by atoms with Gasteiger partial charge < -0.3 is 14.6 Å². The second-order valence-electron chi connectivity index (χ2n) is 9.85. The van der Waals surface area contributed by atoms with Crippen molar-refractivity contribution < 1.29 is 49.0 Å². The van der Waals surface area contributed by atoms with Crippen molar-refractivity contribution in [1.82, 2.24) is 9.38 Å². The van der Waals surface area contributed by atoms with E-state index in [1.165, 1.54) is 0 Å². The van der Waals surface area contributed by atoms with Crippen molar-refractivity contribution in [3.05, 3.63) is 114 Å². The Labute approximate surface area is 254 Å². The van der Waals surface area contributed by atoms with E-state index in [-0.39, 0.29) is 29.6 Å². The fourth-order valence-corrected chi connectivity index (χ4v) is 4.93. The molecule has 1 aliphatic rings. The second-order valence-corrected chi connectivity index (χ2v) is 9.85. The largest absolute Gasteiger partial charge is 1.00 e. The van der Waals surface area contributed by atoms with Gasteiger partial charge >= 0.3 is 35.7 Å². The molecule has 1 N–H and O–H groups in total. The topological polar surface area (TPSA) is 95.8 Å². The number of benzene rings is 3. The van der Waals surface area contributed by atoms with Crippen molar-refractivity contribution in [2.45, 2.75) is 31.3 Å². The summed E-state index contributed by atoms with van der Waals surface area (Å²) in [5.41, 5.74) is 4.98. The third-order valence-electron chi connectivity index (χ3n) is 7.37. The number of pyridine rings is 1. The first-order chi connectivity index (χ1) is 18.9. The monoisotopic (exact) mass is 539 g/mol. The number of aliphatic carboxylic acids is 1. The first-order valence-corrected chi connectivity index (χ1v) is 12.9. The van der Waals surface area contributed by atoms with Crippen molar-refractivity contribution in [3.8, 4) is 22.4 Å². The molecule has 40 heavy (non-hydrogen) atoms. The molecule has 7 nitrogen and oxygen atoms in total. The van der Waals surface area contributed by atoms with Crippen LogP contribution in [0.5, 0.6) is 0 Å². The van der Waals surface area contributed by atoms with Crippen molar-refractivity contribution in [1.29, 1.82) is 0 Å². The SMILES string of the molecule is C[C@@H](OC(=O)Nc1c(-c2ccc(-c3ccc(C4(C(=O)[O-])CC4)cc3)cc2)nc2ccccn12)c1ccccc1.[Na+]. The maximum Gasteiger partial charge on any atom is 1.00 e. The zero-order chi connectivity index (χ0) is 27.0. The van der Waals surface area contributed by atoms with Gasteiger partial charge in [-0.3, -0.25) is 9.72 Å². The van der Waals surface area contributed by atoms with Gasteiger partial charge in [0.05, 0.1) is 5.97 Å². The van der Waals surface area contributed by atoms with Crippen LogP contribution in [0.25, 0.3) is 28.0 Å². The fraction of sp³-hybridized carbons (Fsp3) is 0.156. The van der Waals surface area contributed by atoms with Crippen LogP contribution in [0.1, 0.15) is 37.0 Å². The van der Waals surface area contributed by atoms with Crippen LogP contribution in [0.2, 0.25) is 0 Å². The number of amides is 1. The molecular weight excluding hydrogens is 513 g/mol. The van der Waals surface area contributed by atoms with Crippen LogP contribution >= 0.6 is 0 Å². The Morgan fingerprint density at radius 1 is 0.875 bits per heavy atom. The first-order valence-electron chi connectivity index (χ1n) is 12.9. The Morgan fingerprint density at radius 3 is 2.10 bits per heavy atom. The summed E-state index contributed by atoms with van der Waals surface area (Å²) in [7, 11) is 0. The Hall–Kier alpha value is -3.91. The Kier molecular flexibility index (Phi) is 7.81. The van der Waals surface area contributed by atoms with Crippen LogP contribution < -0.4 is 40.0 Å². The normalized spacial score (nSPS) is 14.1. The molecule has 0 spiro atoms. The molecular formula is C32H26N3NaO4. The number of imidazole rings is 1. The summed E-state index contributed by atoms with van der Waals surface area (Å²) in [5.74, 6) is -0.486. The summed E-state index contributed by atoms with van der Waals surface area (Å²) >= 11 is 0. The molecule has 3 aromatic carbocycles. The smallest absolute Gasteiger partial charge is 0.549 e. The number of rotatable bonds is 7. The minimum atomic E-state index is -1.00. The minimum absolute atomic E-state index is 0. The summed E-state index contributed by atoms with van der Waals surface area (Å²) < 4.78 is 7.47. The number of fused-ring (bicyclic) bond motifs is 1. The van der Waals surface area contributed by atoms with Crippen LogP contribution in [0.3, 0.4) is 0 Å². The van der Waals surface area contributed by atoms with Crippen LogP contribution in [-0.2, 0) is 14.9 Å². The van der Waals surface area contributed by atoms with E-state index in [1.54, 1.807) is 0 Å². The van der Waals surface area contributed by atoms with Gasteiger partial charge in [0.1, 0.15) is 23.3 Å². The Bertz CT molecular complexity index is 1660. The van der Waals surface area contributed by atoms with E-state index in [0.29, 0.717) is 30.0 Å². The number of hydrogen-bond acceptors (Lipinski definition) is 5. The van der Waals surface area contributed by atoms with Gasteiger partial charge in [-0.25, -0.2) is 9.78 Å². The molecule has 5 aromatic rings. The molecule has 0 radical (unpaired) electrons. The van der Waals surface area contributed by atoms with Gasteiger partial charge in [-0.1, -0.05) is 84.9 Å². The van der Waals surface area contributed by atoms with E-state index in [9.17, 15) is 14.7 Å². The van der Waals surface area contributed by atoms with Crippen LogP contribution in [0.4, 0.5) is 10.6 Å². The maximum atomic E-state index is 12.9. The average molecular weight is 540 g/mol. The Balaban J connectivity index is 0.00000323. The van der Waals surface area contributed by atoms with Gasteiger partial charge in [-0.15, -0.1) is 0 Å². The Morgan fingerprint density at radius 2 is 1.48 bits per heavy atom. The number of carbonyl (C=O) groups is 2. The van der Waals surface area contributed by atoms with Crippen LogP contribution in [0, 0.1) is 0 Å². The molecule has 1 saturated carbocycles. The number of nitrogens with one attached hydrogen (secondary N) is 1. The number of hydrogen-bond donors (Lipinski definition) is 1. The number of carboxylic acids is 1. The predicted molar refractivity (Wildman–Crippen MR) is 147 cm³/mol. The van der Waals surface area contributed by atoms with Gasteiger partial charge in [-0.2, -0.15) is 0 Å². The third-order valence-corrected chi connectivity index (χ3v) is 7.37. The minimum Gasteiger partial charge on any atom is -0.549 e. The van der Waals surface area contributed by atoms with Crippen LogP contribution in [-0.4, -0.2) is 21.4 Å². The molecule has 8 heteroatoms. The number of nitrogens with zero attached hydrogens (tertiary/aromatic N) is 2. The van der Waals surface area contributed by atoms with Gasteiger partial charge in [0.25, 0.3) is 0 Å². The molecule has 0 aliphatic heterocycles. The summed E-state index contributed by atoms with van der Waals surface area (Å²) in [5, 5.41) is 14.4. The van der Waals surface area contributed by atoms with Crippen LogP contribution in [0.15, 0.2) is 103 Å². The molecule has 0 saturated heterocycles. The summed E-state index contributed by atoms with van der Waals surface area (Å²) in [6, 6.07) is 30.7. The quantitative estimate of drug-likeness (QED) is 0.321. The van der Waals surface area contributed by atoms with E-state index in [1.807, 2.05) is 115 Å². The number of carboxylic acid groups (broad SMARTS) is 1. The first kappa shape index (κ1) is 27.6. The van der Waals surface area contributed by atoms with Crippen molar-refractivity contribution in [2.24, 2.45) is 0 Å². The van der Waals surface area contributed by atoms with Crippen molar-refractivity contribution in [2.75, 3.05) is 5.32 Å². The van der Waals surface area contributed by atoms with E-state index >= 15 is 0 Å². The molecule has 2 aromatic heterocycles. The van der Waals surface area contributed by atoms with Gasteiger partial charge in [0.2, 0.25) is 0 Å². The van der Waals surface area contributed by atoms with Gasteiger partial charge in [0, 0.05) is 17.2 Å². The van der Waals surface area contributed by atoms with E-state index in [4.69, 9.17) is 9.72 Å². The standard InChI is InChI=1S/C32H27N3O4.Na/c1-21(22-7-3-2-4-8-22)39-31(38)34-29-28(33-27-9-5-6-20-35(27)29)25-12-10-23(11-13-25)24-14-16-26(17-15-24)32(18-19-32)30(36)37;/h2-17,20-21H,18-19H2,1H3,(H,34,38)(H,36,37);/q;+1/p-1/t21-;/m1./s1. The molecule has 1 aliphatic carbocycles. The molecule has 1 fully saturated rings. The summed E-state index contributed by atoms with van der Waals surface area (Å²) in [6.45, 7) is 1.83. The average Bonchev–Trinajstić information content (AvgIpc) is 3.71. The molecule has 0 unspecified atom stereocenters. The van der Waals surface area contributed by atoms with Gasteiger partial charge in [-0.05, 0) is 54.2 Å². The number of anilines is 1. The van der Waals surface area contributed by atoms with Gasteiger partial charge in [0.15, 0.2) is 0 Å². The number of ether oxygens (including phenoxy) is 1. The molecule has 0 bridgehead atoms. The molecule has 2 heterocycles. The zero-order valence-corrected chi connectivity index (χ0v) is 24.3. The second kappa shape index (κ2) is 11.3. The van der Waals surface area contributed by atoms with E-state index in [0.717, 1.165) is 27.8 Å². The summed E-state index contributed by atoms with van der Waals surface area (Å²) in [4.78, 5) is 29.2. The molecule has 1 atom stereocenters. The zero-order valence-electron chi connectivity index (χ0n) is 22.3. The van der Waals surface area contributed by atoms with Crippen molar-refractivity contribution >= 4 is 23.5 Å². The number of aromatic nitrogens is 2. The summed E-state index contributed by atoms with van der Waals surface area (Å²) in [6.07, 6.45) is 2.10. The maximum absolute atomic E-state index is 12.9. The third kappa shape index (κ3) is 5.28. The molecule has 194 valence electrons. The van der Waals surface area contributed by atoms with Crippen molar-refractivity contribution in [3.63, 3.8) is 0 Å². The van der Waals surface area contributed by atoms with E-state index < -0.39 is 23.6 Å². The predicted octanol–water partition coefficient (Wildman–Crippen LogP) is 2.76. The molecule has 1 amide bonds. The van der Waals surface area contributed by atoms with E-state index in [2.05, 4.69) is 5.32 Å².